The molecule has 0 saturated carbocycles. The molecule has 2 aliphatic rings. The van der Waals surface area contributed by atoms with Crippen LogP contribution in [0.15, 0.2) is 36.4 Å². The van der Waals surface area contributed by atoms with E-state index in [1.54, 1.807) is 34.1 Å². The summed E-state index contributed by atoms with van der Waals surface area (Å²) in [5.41, 5.74) is 6.47. The first-order chi connectivity index (χ1) is 15.2. The fraction of sp³-hybridized carbons (Fsp3) is 0.391. The number of rotatable bonds is 5. The van der Waals surface area contributed by atoms with E-state index in [-0.39, 0.29) is 42.2 Å². The third kappa shape index (κ3) is 4.61. The standard InChI is InChI=1S/C23H23ClF3N3O2/c24-16-3-1-2-13(6-16)23(32)29-11-14-4-5-30(21(14)12-29)22(31)9-17(28)7-15-8-19(26)20(27)10-18(15)25/h1-3,6,8,10,14,17,21H,4-5,7,9,11-12,28H2. The van der Waals surface area contributed by atoms with Crippen molar-refractivity contribution in [1.29, 1.82) is 0 Å². The average Bonchev–Trinajstić information content (AvgIpc) is 3.32. The summed E-state index contributed by atoms with van der Waals surface area (Å²) < 4.78 is 40.4. The number of carbonyl (C=O) groups is 2. The van der Waals surface area contributed by atoms with Crippen molar-refractivity contribution in [1.82, 2.24) is 9.80 Å². The lowest BCUT2D eigenvalue weighted by molar-refractivity contribution is -0.132. The van der Waals surface area contributed by atoms with Crippen LogP contribution in [0.4, 0.5) is 13.2 Å². The van der Waals surface area contributed by atoms with Crippen LogP contribution in [-0.4, -0.2) is 53.3 Å². The van der Waals surface area contributed by atoms with E-state index < -0.39 is 23.5 Å². The smallest absolute Gasteiger partial charge is 0.253 e. The number of nitrogens with zero attached hydrogens (tertiary/aromatic N) is 2. The Balaban J connectivity index is 1.37. The van der Waals surface area contributed by atoms with Crippen molar-refractivity contribution in [3.05, 3.63) is 70.0 Å². The minimum atomic E-state index is -1.27. The first-order valence-corrected chi connectivity index (χ1v) is 10.8. The van der Waals surface area contributed by atoms with Crippen molar-refractivity contribution in [2.45, 2.75) is 31.3 Å². The number of hydrogen-bond acceptors (Lipinski definition) is 3. The van der Waals surface area contributed by atoms with Gasteiger partial charge in [0.25, 0.3) is 5.91 Å². The molecule has 0 spiro atoms. The molecule has 3 unspecified atom stereocenters. The molecule has 2 aromatic rings. The van der Waals surface area contributed by atoms with Gasteiger partial charge in [-0.2, -0.15) is 0 Å². The molecule has 9 heteroatoms. The van der Waals surface area contributed by atoms with Gasteiger partial charge in [-0.25, -0.2) is 13.2 Å². The van der Waals surface area contributed by atoms with Gasteiger partial charge >= 0.3 is 0 Å². The van der Waals surface area contributed by atoms with Gasteiger partial charge in [0.1, 0.15) is 5.82 Å². The number of amides is 2. The highest BCUT2D eigenvalue weighted by Crippen LogP contribution is 2.33. The molecule has 0 radical (unpaired) electrons. The Morgan fingerprint density at radius 1 is 1.09 bits per heavy atom. The summed E-state index contributed by atoms with van der Waals surface area (Å²) in [7, 11) is 0. The second kappa shape index (κ2) is 9.11. The van der Waals surface area contributed by atoms with Crippen molar-refractivity contribution >= 4 is 23.4 Å². The zero-order valence-electron chi connectivity index (χ0n) is 17.2. The monoisotopic (exact) mass is 465 g/mol. The third-order valence-corrected chi connectivity index (χ3v) is 6.47. The van der Waals surface area contributed by atoms with Crippen LogP contribution in [0.5, 0.6) is 0 Å². The highest BCUT2D eigenvalue weighted by Gasteiger charge is 2.44. The largest absolute Gasteiger partial charge is 0.338 e. The highest BCUT2D eigenvalue weighted by molar-refractivity contribution is 6.30. The van der Waals surface area contributed by atoms with Crippen molar-refractivity contribution in [2.75, 3.05) is 19.6 Å². The maximum Gasteiger partial charge on any atom is 0.253 e. The Kier molecular flexibility index (Phi) is 6.44. The molecule has 0 aliphatic carbocycles. The SMILES string of the molecule is NC(CC(=O)N1CCC2CN(C(=O)c3cccc(Cl)c3)CC21)Cc1cc(F)c(F)cc1F. The summed E-state index contributed by atoms with van der Waals surface area (Å²) in [5.74, 6) is -3.44. The van der Waals surface area contributed by atoms with Crippen LogP contribution in [0, 0.1) is 23.4 Å². The predicted molar refractivity (Wildman–Crippen MR) is 114 cm³/mol. The summed E-state index contributed by atoms with van der Waals surface area (Å²) in [4.78, 5) is 29.2. The average molecular weight is 466 g/mol. The molecule has 2 heterocycles. The lowest BCUT2D eigenvalue weighted by atomic mass is 10.0. The van der Waals surface area contributed by atoms with Gasteiger partial charge < -0.3 is 15.5 Å². The van der Waals surface area contributed by atoms with Crippen LogP contribution in [0.2, 0.25) is 5.02 Å². The number of benzene rings is 2. The Bertz CT molecular complexity index is 1050. The molecule has 0 bridgehead atoms. The number of hydrogen-bond donors (Lipinski definition) is 1. The van der Waals surface area contributed by atoms with Gasteiger partial charge in [-0.05, 0) is 42.7 Å². The van der Waals surface area contributed by atoms with Gasteiger partial charge in [0, 0.05) is 54.7 Å². The van der Waals surface area contributed by atoms with E-state index in [0.29, 0.717) is 36.3 Å². The van der Waals surface area contributed by atoms with Gasteiger partial charge in [0.05, 0.1) is 6.04 Å². The molecular formula is C23H23ClF3N3O2. The molecule has 2 N–H and O–H groups in total. The van der Waals surface area contributed by atoms with Crippen molar-refractivity contribution in [2.24, 2.45) is 11.7 Å². The molecule has 4 rings (SSSR count). The second-order valence-corrected chi connectivity index (χ2v) is 8.89. The maximum atomic E-state index is 13.9. The predicted octanol–water partition coefficient (Wildman–Crippen LogP) is 3.39. The summed E-state index contributed by atoms with van der Waals surface area (Å²) in [6, 6.07) is 7.17. The van der Waals surface area contributed by atoms with E-state index in [9.17, 15) is 22.8 Å². The molecule has 5 nitrogen and oxygen atoms in total. The Morgan fingerprint density at radius 3 is 2.59 bits per heavy atom. The zero-order chi connectivity index (χ0) is 23.0. The van der Waals surface area contributed by atoms with Gasteiger partial charge in [0.2, 0.25) is 5.91 Å². The zero-order valence-corrected chi connectivity index (χ0v) is 18.0. The first-order valence-electron chi connectivity index (χ1n) is 10.5. The normalized spacial score (nSPS) is 21.0. The molecule has 0 aromatic heterocycles. The molecule has 2 aliphatic heterocycles. The summed E-state index contributed by atoms with van der Waals surface area (Å²) >= 11 is 5.99. The van der Waals surface area contributed by atoms with E-state index in [1.165, 1.54) is 0 Å². The Hall–Kier alpha value is -2.58. The maximum absolute atomic E-state index is 13.9. The van der Waals surface area contributed by atoms with Crippen LogP contribution in [0.3, 0.4) is 0 Å². The molecule has 2 fully saturated rings. The van der Waals surface area contributed by atoms with Gasteiger partial charge in [0.15, 0.2) is 11.6 Å². The fourth-order valence-corrected chi connectivity index (χ4v) is 4.85. The van der Waals surface area contributed by atoms with Crippen LogP contribution in [-0.2, 0) is 11.2 Å². The molecule has 2 aromatic carbocycles. The summed E-state index contributed by atoms with van der Waals surface area (Å²) in [6.07, 6.45) is 0.642. The third-order valence-electron chi connectivity index (χ3n) is 6.23. The van der Waals surface area contributed by atoms with Crippen molar-refractivity contribution in [3.8, 4) is 0 Å². The number of fused-ring (bicyclic) bond motifs is 1. The minimum absolute atomic E-state index is 0.0517. The van der Waals surface area contributed by atoms with Crippen molar-refractivity contribution < 1.29 is 22.8 Å². The molecule has 32 heavy (non-hydrogen) atoms. The van der Waals surface area contributed by atoms with Gasteiger partial charge in [-0.15, -0.1) is 0 Å². The number of carbonyl (C=O) groups excluding carboxylic acids is 2. The van der Waals surface area contributed by atoms with Crippen LogP contribution < -0.4 is 5.73 Å². The van der Waals surface area contributed by atoms with Crippen LogP contribution in [0.25, 0.3) is 0 Å². The Labute approximate surface area is 188 Å². The second-order valence-electron chi connectivity index (χ2n) is 8.45. The van der Waals surface area contributed by atoms with E-state index in [1.807, 2.05) is 0 Å². The summed E-state index contributed by atoms with van der Waals surface area (Å²) in [6.45, 7) is 1.56. The Morgan fingerprint density at radius 2 is 1.84 bits per heavy atom. The lowest BCUT2D eigenvalue weighted by Gasteiger charge is -2.26. The van der Waals surface area contributed by atoms with E-state index in [2.05, 4.69) is 0 Å². The number of halogens is 4. The van der Waals surface area contributed by atoms with E-state index in [0.717, 1.165) is 12.5 Å². The highest BCUT2D eigenvalue weighted by atomic mass is 35.5. The lowest BCUT2D eigenvalue weighted by Crippen LogP contribution is -2.43. The molecular weight excluding hydrogens is 443 g/mol. The molecule has 2 amide bonds. The fourth-order valence-electron chi connectivity index (χ4n) is 4.66. The molecule has 2 saturated heterocycles. The topological polar surface area (TPSA) is 66.6 Å². The molecule has 3 atom stereocenters. The van der Waals surface area contributed by atoms with Crippen LogP contribution >= 0.6 is 11.6 Å². The summed E-state index contributed by atoms with van der Waals surface area (Å²) in [5, 5.41) is 0.485. The minimum Gasteiger partial charge on any atom is -0.338 e. The molecule has 170 valence electrons. The van der Waals surface area contributed by atoms with Gasteiger partial charge in [-0.1, -0.05) is 17.7 Å². The van der Waals surface area contributed by atoms with Crippen molar-refractivity contribution in [3.63, 3.8) is 0 Å². The van der Waals surface area contributed by atoms with E-state index in [4.69, 9.17) is 17.3 Å². The van der Waals surface area contributed by atoms with Gasteiger partial charge in [-0.3, -0.25) is 9.59 Å². The van der Waals surface area contributed by atoms with Crippen LogP contribution in [0.1, 0.15) is 28.8 Å². The quantitative estimate of drug-likeness (QED) is 0.688. The number of nitrogens with two attached hydrogens (primary N) is 1. The van der Waals surface area contributed by atoms with E-state index >= 15 is 0 Å². The number of likely N-dealkylation sites (tertiary alicyclic amines) is 2. The first kappa shape index (κ1) is 22.6.